The highest BCUT2D eigenvalue weighted by molar-refractivity contribution is 8.13. The van der Waals surface area contributed by atoms with Gasteiger partial charge in [0.05, 0.1) is 5.69 Å². The number of amides is 2. The van der Waals surface area contributed by atoms with Gasteiger partial charge in [-0.25, -0.2) is 4.98 Å². The molecule has 1 aromatic carbocycles. The summed E-state index contributed by atoms with van der Waals surface area (Å²) in [7, 11) is 0. The van der Waals surface area contributed by atoms with Crippen molar-refractivity contribution in [2.75, 3.05) is 24.2 Å². The fraction of sp³-hybridized carbons (Fsp3) is 0.286. The Kier molecular flexibility index (Phi) is 5.47. The molecule has 3 aromatic rings. The molecule has 0 unspecified atom stereocenters. The highest BCUT2D eigenvalue weighted by Crippen LogP contribution is 2.31. The summed E-state index contributed by atoms with van der Waals surface area (Å²) in [5.74, 6) is 0.524. The molecule has 29 heavy (non-hydrogen) atoms. The SMILES string of the molecule is Cc1ccc(-n2c(C)cc(-c3csc(NC(=O)CN4CCSC4=O)n3)c2C)cc1. The van der Waals surface area contributed by atoms with Gasteiger partial charge in [-0.15, -0.1) is 11.3 Å². The molecule has 2 aromatic heterocycles. The van der Waals surface area contributed by atoms with E-state index in [1.54, 1.807) is 4.90 Å². The van der Waals surface area contributed by atoms with E-state index in [2.05, 4.69) is 66.0 Å². The van der Waals surface area contributed by atoms with E-state index in [9.17, 15) is 9.59 Å². The number of aryl methyl sites for hydroxylation is 2. The van der Waals surface area contributed by atoms with Crippen LogP contribution in [0, 0.1) is 20.8 Å². The van der Waals surface area contributed by atoms with Gasteiger partial charge in [-0.05, 0) is 39.0 Å². The van der Waals surface area contributed by atoms with Gasteiger partial charge in [0.1, 0.15) is 6.54 Å². The van der Waals surface area contributed by atoms with E-state index in [4.69, 9.17) is 0 Å². The second-order valence-electron chi connectivity index (χ2n) is 7.08. The Morgan fingerprint density at radius 1 is 1.21 bits per heavy atom. The largest absolute Gasteiger partial charge is 0.323 e. The number of hydrogen-bond donors (Lipinski definition) is 1. The number of thiazole rings is 1. The third kappa shape index (κ3) is 4.09. The Bertz CT molecular complexity index is 1070. The molecule has 6 nitrogen and oxygen atoms in total. The minimum atomic E-state index is -0.216. The summed E-state index contributed by atoms with van der Waals surface area (Å²) in [6, 6.07) is 10.6. The number of thioether (sulfide) groups is 1. The van der Waals surface area contributed by atoms with Crippen LogP contribution >= 0.6 is 23.1 Å². The standard InChI is InChI=1S/C21H22N4O2S2/c1-13-4-6-16(7-5-13)25-14(2)10-17(15(25)3)18-12-29-20(22-18)23-19(26)11-24-8-9-28-21(24)27/h4-7,10,12H,8-9,11H2,1-3H3,(H,22,23,26). The molecule has 8 heteroatoms. The number of nitrogens with one attached hydrogen (secondary N) is 1. The number of anilines is 1. The zero-order chi connectivity index (χ0) is 20.5. The minimum absolute atomic E-state index is 0.0384. The summed E-state index contributed by atoms with van der Waals surface area (Å²) in [6.07, 6.45) is 0. The number of rotatable bonds is 5. The lowest BCUT2D eigenvalue weighted by Gasteiger charge is -2.12. The molecule has 150 valence electrons. The first-order valence-corrected chi connectivity index (χ1v) is 11.2. The Morgan fingerprint density at radius 3 is 2.66 bits per heavy atom. The van der Waals surface area contributed by atoms with Crippen LogP contribution in [-0.2, 0) is 4.79 Å². The van der Waals surface area contributed by atoms with Crippen LogP contribution in [0.1, 0.15) is 17.0 Å². The van der Waals surface area contributed by atoms with Crippen molar-refractivity contribution < 1.29 is 9.59 Å². The van der Waals surface area contributed by atoms with Crippen LogP contribution < -0.4 is 5.32 Å². The molecule has 1 aliphatic rings. The van der Waals surface area contributed by atoms with Crippen LogP contribution in [0.15, 0.2) is 35.7 Å². The van der Waals surface area contributed by atoms with E-state index in [0.717, 1.165) is 34.1 Å². The molecule has 1 fully saturated rings. The lowest BCUT2D eigenvalue weighted by atomic mass is 10.2. The van der Waals surface area contributed by atoms with Crippen LogP contribution in [0.5, 0.6) is 0 Å². The van der Waals surface area contributed by atoms with Crippen molar-refractivity contribution in [2.24, 2.45) is 0 Å². The summed E-state index contributed by atoms with van der Waals surface area (Å²) >= 11 is 2.64. The van der Waals surface area contributed by atoms with Gasteiger partial charge >= 0.3 is 0 Å². The molecule has 3 heterocycles. The monoisotopic (exact) mass is 426 g/mol. The maximum atomic E-state index is 12.2. The van der Waals surface area contributed by atoms with Gasteiger partial charge in [0.25, 0.3) is 5.24 Å². The summed E-state index contributed by atoms with van der Waals surface area (Å²) < 4.78 is 2.21. The van der Waals surface area contributed by atoms with Gasteiger partial charge in [-0.2, -0.15) is 0 Å². The van der Waals surface area contributed by atoms with E-state index in [1.807, 2.05) is 5.38 Å². The third-order valence-corrected chi connectivity index (χ3v) is 6.58. The molecule has 0 saturated carbocycles. The topological polar surface area (TPSA) is 67.2 Å². The Labute approximate surface area is 177 Å². The zero-order valence-electron chi connectivity index (χ0n) is 16.6. The third-order valence-electron chi connectivity index (χ3n) is 4.93. The van der Waals surface area contributed by atoms with Crippen LogP contribution in [0.4, 0.5) is 9.93 Å². The minimum Gasteiger partial charge on any atom is -0.323 e. The average Bonchev–Trinajstić information content (AvgIpc) is 3.37. The predicted molar refractivity (Wildman–Crippen MR) is 119 cm³/mol. The normalized spacial score (nSPS) is 13.9. The molecule has 0 bridgehead atoms. The van der Waals surface area contributed by atoms with Gasteiger partial charge < -0.3 is 14.8 Å². The molecule has 4 rings (SSSR count). The van der Waals surface area contributed by atoms with Crippen molar-refractivity contribution in [1.29, 1.82) is 0 Å². The number of carbonyl (C=O) groups excluding carboxylic acids is 2. The first-order chi connectivity index (χ1) is 13.9. The van der Waals surface area contributed by atoms with E-state index < -0.39 is 0 Å². The van der Waals surface area contributed by atoms with Crippen LogP contribution in [0.2, 0.25) is 0 Å². The molecular weight excluding hydrogens is 404 g/mol. The number of hydrogen-bond acceptors (Lipinski definition) is 5. The van der Waals surface area contributed by atoms with Crippen LogP contribution in [0.25, 0.3) is 16.9 Å². The predicted octanol–water partition coefficient (Wildman–Crippen LogP) is 4.63. The Hall–Kier alpha value is -2.58. The molecule has 0 spiro atoms. The Morgan fingerprint density at radius 2 is 1.97 bits per heavy atom. The number of carbonyl (C=O) groups is 2. The van der Waals surface area contributed by atoms with E-state index in [-0.39, 0.29) is 17.7 Å². The number of benzene rings is 1. The first kappa shape index (κ1) is 19.7. The highest BCUT2D eigenvalue weighted by Gasteiger charge is 2.23. The molecule has 0 atom stereocenters. The lowest BCUT2D eigenvalue weighted by molar-refractivity contribution is -0.116. The summed E-state index contributed by atoms with van der Waals surface area (Å²) in [4.78, 5) is 30.1. The van der Waals surface area contributed by atoms with E-state index in [0.29, 0.717) is 11.7 Å². The van der Waals surface area contributed by atoms with Gasteiger partial charge in [0.2, 0.25) is 5.91 Å². The van der Waals surface area contributed by atoms with Gasteiger partial charge in [0.15, 0.2) is 5.13 Å². The number of aromatic nitrogens is 2. The molecule has 1 saturated heterocycles. The van der Waals surface area contributed by atoms with Crippen molar-refractivity contribution in [3.63, 3.8) is 0 Å². The Balaban J connectivity index is 1.52. The van der Waals surface area contributed by atoms with Crippen LogP contribution in [-0.4, -0.2) is 44.4 Å². The quantitative estimate of drug-likeness (QED) is 0.646. The van der Waals surface area contributed by atoms with Gasteiger partial charge in [0, 0.05) is 40.3 Å². The lowest BCUT2D eigenvalue weighted by Crippen LogP contribution is -2.33. The van der Waals surface area contributed by atoms with Gasteiger partial charge in [-0.3, -0.25) is 9.59 Å². The molecule has 2 amide bonds. The molecule has 1 aliphatic heterocycles. The maximum Gasteiger partial charge on any atom is 0.282 e. The summed E-state index contributed by atoms with van der Waals surface area (Å²) in [5.41, 5.74) is 6.47. The molecule has 1 N–H and O–H groups in total. The summed E-state index contributed by atoms with van der Waals surface area (Å²) in [5, 5.41) is 5.28. The van der Waals surface area contributed by atoms with E-state index in [1.165, 1.54) is 28.7 Å². The van der Waals surface area contributed by atoms with Crippen LogP contribution in [0.3, 0.4) is 0 Å². The van der Waals surface area contributed by atoms with Crippen molar-refractivity contribution in [3.8, 4) is 16.9 Å². The van der Waals surface area contributed by atoms with Crippen molar-refractivity contribution in [3.05, 3.63) is 52.7 Å². The zero-order valence-corrected chi connectivity index (χ0v) is 18.2. The van der Waals surface area contributed by atoms with Gasteiger partial charge in [-0.1, -0.05) is 29.5 Å². The maximum absolute atomic E-state index is 12.2. The fourth-order valence-electron chi connectivity index (χ4n) is 3.47. The number of nitrogens with zero attached hydrogens (tertiary/aromatic N) is 3. The van der Waals surface area contributed by atoms with Crippen molar-refractivity contribution >= 4 is 39.4 Å². The summed E-state index contributed by atoms with van der Waals surface area (Å²) in [6.45, 7) is 6.93. The van der Waals surface area contributed by atoms with Crippen molar-refractivity contribution in [1.82, 2.24) is 14.5 Å². The molecule has 0 radical (unpaired) electrons. The smallest absolute Gasteiger partial charge is 0.282 e. The molecule has 0 aliphatic carbocycles. The second-order valence-corrected chi connectivity index (χ2v) is 8.98. The fourth-order valence-corrected chi connectivity index (χ4v) is 5.02. The van der Waals surface area contributed by atoms with Crippen molar-refractivity contribution in [2.45, 2.75) is 20.8 Å². The van der Waals surface area contributed by atoms with E-state index >= 15 is 0 Å². The second kappa shape index (κ2) is 8.04. The average molecular weight is 427 g/mol. The highest BCUT2D eigenvalue weighted by atomic mass is 32.2. The molecular formula is C21H22N4O2S2. The first-order valence-electron chi connectivity index (χ1n) is 9.36.